The molecule has 0 aliphatic carbocycles. The minimum Gasteiger partial charge on any atom is -0.309 e. The number of benzene rings is 1. The van der Waals surface area contributed by atoms with E-state index < -0.39 is 0 Å². The summed E-state index contributed by atoms with van der Waals surface area (Å²) < 4.78 is 0. The smallest absolute Gasteiger partial charge is 0.278 e. The number of hydrogen-bond acceptors (Lipinski definition) is 6. The van der Waals surface area contributed by atoms with Crippen LogP contribution in [0.4, 0.5) is 11.5 Å². The van der Waals surface area contributed by atoms with Crippen LogP contribution in [0.5, 0.6) is 0 Å². The molecular formula is C13H12N6O. The molecule has 0 aliphatic rings. The molecule has 7 nitrogen and oxygen atoms in total. The van der Waals surface area contributed by atoms with Crippen LogP contribution in [0.3, 0.4) is 0 Å². The second-order valence-electron chi connectivity index (χ2n) is 3.93. The highest BCUT2D eigenvalue weighted by molar-refractivity contribution is 6.05. The van der Waals surface area contributed by atoms with Crippen LogP contribution in [0.25, 0.3) is 0 Å². The highest BCUT2D eigenvalue weighted by Gasteiger charge is 2.18. The van der Waals surface area contributed by atoms with Gasteiger partial charge in [-0.2, -0.15) is 5.26 Å². The molecule has 0 radical (unpaired) electrons. The van der Waals surface area contributed by atoms with E-state index in [4.69, 9.17) is 11.1 Å². The van der Waals surface area contributed by atoms with E-state index in [1.165, 1.54) is 17.3 Å². The molecule has 1 aromatic carbocycles. The van der Waals surface area contributed by atoms with Crippen molar-refractivity contribution in [2.24, 2.45) is 5.84 Å². The van der Waals surface area contributed by atoms with Crippen LogP contribution in [0, 0.1) is 11.3 Å². The number of nitrogens with one attached hydrogen (secondary N) is 1. The zero-order valence-electron chi connectivity index (χ0n) is 10.7. The van der Waals surface area contributed by atoms with Gasteiger partial charge in [0.05, 0.1) is 23.6 Å². The Balaban J connectivity index is 2.35. The van der Waals surface area contributed by atoms with E-state index in [9.17, 15) is 4.79 Å². The van der Waals surface area contributed by atoms with Gasteiger partial charge in [0.25, 0.3) is 5.91 Å². The highest BCUT2D eigenvalue weighted by atomic mass is 16.2. The van der Waals surface area contributed by atoms with E-state index in [2.05, 4.69) is 15.4 Å². The van der Waals surface area contributed by atoms with Gasteiger partial charge in [0.2, 0.25) is 0 Å². The van der Waals surface area contributed by atoms with Crippen LogP contribution >= 0.6 is 0 Å². The minimum atomic E-state index is -0.378. The fourth-order valence-corrected chi connectivity index (χ4v) is 1.68. The summed E-state index contributed by atoms with van der Waals surface area (Å²) in [7, 11) is 1.57. The number of carbonyl (C=O) groups is 1. The average Bonchev–Trinajstić information content (AvgIpc) is 2.53. The molecule has 0 saturated carbocycles. The van der Waals surface area contributed by atoms with E-state index in [0.717, 1.165) is 0 Å². The number of nitrogens with two attached hydrogens (primary N) is 1. The maximum atomic E-state index is 12.3. The first-order chi connectivity index (χ1) is 9.67. The van der Waals surface area contributed by atoms with Crippen LogP contribution in [-0.4, -0.2) is 22.9 Å². The second-order valence-corrected chi connectivity index (χ2v) is 3.93. The van der Waals surface area contributed by atoms with Crippen molar-refractivity contribution >= 4 is 17.4 Å². The maximum Gasteiger partial charge on any atom is 0.278 e. The fraction of sp³-hybridized carbons (Fsp3) is 0.0769. The Bertz CT molecular complexity index is 679. The molecule has 0 unspecified atom stereocenters. The Morgan fingerprint density at radius 3 is 2.85 bits per heavy atom. The zero-order valence-corrected chi connectivity index (χ0v) is 10.7. The van der Waals surface area contributed by atoms with Crippen molar-refractivity contribution in [3.8, 4) is 6.07 Å². The van der Waals surface area contributed by atoms with Crippen LogP contribution in [-0.2, 0) is 0 Å². The minimum absolute atomic E-state index is 0.135. The van der Waals surface area contributed by atoms with E-state index in [1.807, 2.05) is 6.07 Å². The number of hydrogen-bond donors (Lipinski definition) is 2. The molecule has 1 heterocycles. The Hall–Kier alpha value is -2.98. The molecule has 7 heteroatoms. The topological polar surface area (TPSA) is 108 Å². The van der Waals surface area contributed by atoms with Gasteiger partial charge in [-0.1, -0.05) is 12.1 Å². The third-order valence-corrected chi connectivity index (χ3v) is 2.69. The Morgan fingerprint density at radius 1 is 1.40 bits per heavy atom. The number of nitrogen functional groups attached to an aromatic ring is 1. The first-order valence-corrected chi connectivity index (χ1v) is 5.73. The normalized spacial score (nSPS) is 9.65. The van der Waals surface area contributed by atoms with E-state index >= 15 is 0 Å². The van der Waals surface area contributed by atoms with Gasteiger partial charge in [0, 0.05) is 7.05 Å². The molecule has 0 fully saturated rings. The zero-order chi connectivity index (χ0) is 14.5. The van der Waals surface area contributed by atoms with Crippen molar-refractivity contribution in [3.05, 3.63) is 47.9 Å². The van der Waals surface area contributed by atoms with Crippen LogP contribution in [0.2, 0.25) is 0 Å². The van der Waals surface area contributed by atoms with Gasteiger partial charge < -0.3 is 10.3 Å². The van der Waals surface area contributed by atoms with Gasteiger partial charge in [-0.05, 0) is 12.1 Å². The molecule has 0 aliphatic heterocycles. The van der Waals surface area contributed by atoms with Gasteiger partial charge in [0.15, 0.2) is 5.82 Å². The number of amides is 1. The molecule has 1 aromatic heterocycles. The SMILES string of the molecule is CN(C(=O)c1cncc(NN)n1)c1ccccc1C#N. The predicted molar refractivity (Wildman–Crippen MR) is 73.7 cm³/mol. The Labute approximate surface area is 115 Å². The van der Waals surface area contributed by atoms with Gasteiger partial charge in [0.1, 0.15) is 11.8 Å². The predicted octanol–water partition coefficient (Wildman–Crippen LogP) is 0.910. The number of hydrazine groups is 1. The summed E-state index contributed by atoms with van der Waals surface area (Å²) in [6.07, 6.45) is 2.74. The molecule has 100 valence electrons. The molecule has 0 bridgehead atoms. The van der Waals surface area contributed by atoms with E-state index in [1.54, 1.807) is 31.3 Å². The standard InChI is InChI=1S/C13H12N6O/c1-19(11-5-3-2-4-9(11)6-14)13(20)10-7-16-8-12(17-10)18-15/h2-5,7-8H,15H2,1H3,(H,17,18). The lowest BCUT2D eigenvalue weighted by molar-refractivity contribution is 0.0988. The van der Waals surface area contributed by atoms with Crippen molar-refractivity contribution < 1.29 is 4.79 Å². The third kappa shape index (κ3) is 2.55. The quantitative estimate of drug-likeness (QED) is 0.632. The van der Waals surface area contributed by atoms with Crippen LogP contribution in [0.15, 0.2) is 36.7 Å². The lowest BCUT2D eigenvalue weighted by atomic mass is 10.1. The highest BCUT2D eigenvalue weighted by Crippen LogP contribution is 2.19. The molecule has 20 heavy (non-hydrogen) atoms. The van der Waals surface area contributed by atoms with Crippen LogP contribution in [0.1, 0.15) is 16.1 Å². The number of nitrogens with zero attached hydrogens (tertiary/aromatic N) is 4. The first kappa shape index (κ1) is 13.5. The lowest BCUT2D eigenvalue weighted by Gasteiger charge is -2.18. The number of carbonyl (C=O) groups excluding carboxylic acids is 1. The summed E-state index contributed by atoms with van der Waals surface area (Å²) >= 11 is 0. The van der Waals surface area contributed by atoms with Gasteiger partial charge in [-0.25, -0.2) is 10.8 Å². The number of aromatic nitrogens is 2. The number of nitriles is 1. The largest absolute Gasteiger partial charge is 0.309 e. The summed E-state index contributed by atoms with van der Waals surface area (Å²) in [6, 6.07) is 8.86. The van der Waals surface area contributed by atoms with Gasteiger partial charge in [-0.3, -0.25) is 9.78 Å². The molecule has 0 saturated heterocycles. The third-order valence-electron chi connectivity index (χ3n) is 2.69. The summed E-state index contributed by atoms with van der Waals surface area (Å²) in [4.78, 5) is 21.6. The lowest BCUT2D eigenvalue weighted by Crippen LogP contribution is -2.28. The Morgan fingerprint density at radius 2 is 2.15 bits per heavy atom. The van der Waals surface area contributed by atoms with Crippen molar-refractivity contribution in [3.63, 3.8) is 0 Å². The summed E-state index contributed by atoms with van der Waals surface area (Å²) in [5.74, 6) is 5.14. The average molecular weight is 268 g/mol. The monoisotopic (exact) mass is 268 g/mol. The summed E-state index contributed by atoms with van der Waals surface area (Å²) in [6.45, 7) is 0. The van der Waals surface area contributed by atoms with E-state index in [0.29, 0.717) is 11.3 Å². The van der Waals surface area contributed by atoms with Gasteiger partial charge >= 0.3 is 0 Å². The first-order valence-electron chi connectivity index (χ1n) is 5.73. The van der Waals surface area contributed by atoms with Crippen molar-refractivity contribution in [1.29, 1.82) is 5.26 Å². The number of anilines is 2. The van der Waals surface area contributed by atoms with Crippen molar-refractivity contribution in [1.82, 2.24) is 9.97 Å². The summed E-state index contributed by atoms with van der Waals surface area (Å²) in [5, 5.41) is 9.06. The van der Waals surface area contributed by atoms with Crippen molar-refractivity contribution in [2.45, 2.75) is 0 Å². The second kappa shape index (κ2) is 5.77. The van der Waals surface area contributed by atoms with Crippen LogP contribution < -0.4 is 16.2 Å². The maximum absolute atomic E-state index is 12.3. The molecular weight excluding hydrogens is 256 g/mol. The molecule has 1 amide bonds. The number of rotatable bonds is 3. The van der Waals surface area contributed by atoms with E-state index in [-0.39, 0.29) is 17.4 Å². The number of para-hydroxylation sites is 1. The van der Waals surface area contributed by atoms with Gasteiger partial charge in [-0.15, -0.1) is 0 Å². The fourth-order valence-electron chi connectivity index (χ4n) is 1.68. The molecule has 0 spiro atoms. The molecule has 3 N–H and O–H groups in total. The molecule has 0 atom stereocenters. The Kier molecular flexibility index (Phi) is 3.88. The molecule has 2 rings (SSSR count). The molecule has 2 aromatic rings. The summed E-state index contributed by atoms with van der Waals surface area (Å²) in [5.41, 5.74) is 3.38. The van der Waals surface area contributed by atoms with Crippen molar-refractivity contribution in [2.75, 3.05) is 17.4 Å².